The summed E-state index contributed by atoms with van der Waals surface area (Å²) in [7, 11) is 0. The van der Waals surface area contributed by atoms with E-state index in [0.717, 1.165) is 49.5 Å². The SMILES string of the molecule is CC(C)c1cc(CN2CCC[C@H](c3nc(-c4cccnc4)no3)C2)on1. The molecule has 0 unspecified atom stereocenters. The van der Waals surface area contributed by atoms with Gasteiger partial charge in [-0.15, -0.1) is 0 Å². The Labute approximate surface area is 152 Å². The Morgan fingerprint density at radius 1 is 1.27 bits per heavy atom. The van der Waals surface area contributed by atoms with Crippen molar-refractivity contribution in [3.63, 3.8) is 0 Å². The molecule has 0 radical (unpaired) electrons. The molecule has 7 heteroatoms. The molecule has 1 aliphatic rings. The second-order valence-corrected chi connectivity index (χ2v) is 7.14. The van der Waals surface area contributed by atoms with Crippen molar-refractivity contribution in [3.05, 3.63) is 47.9 Å². The third-order valence-electron chi connectivity index (χ3n) is 4.76. The minimum Gasteiger partial charge on any atom is -0.360 e. The number of rotatable bonds is 5. The summed E-state index contributed by atoms with van der Waals surface area (Å²) in [5, 5.41) is 8.27. The monoisotopic (exact) mass is 353 g/mol. The van der Waals surface area contributed by atoms with Gasteiger partial charge in [-0.25, -0.2) is 0 Å². The maximum absolute atomic E-state index is 5.54. The highest BCUT2D eigenvalue weighted by atomic mass is 16.5. The first kappa shape index (κ1) is 16.9. The first-order valence-corrected chi connectivity index (χ1v) is 9.11. The van der Waals surface area contributed by atoms with E-state index in [1.54, 1.807) is 12.4 Å². The molecule has 3 aromatic rings. The van der Waals surface area contributed by atoms with Crippen molar-refractivity contribution in [2.45, 2.75) is 45.1 Å². The van der Waals surface area contributed by atoms with Gasteiger partial charge in [0.25, 0.3) is 0 Å². The van der Waals surface area contributed by atoms with Crippen LogP contribution in [0.3, 0.4) is 0 Å². The molecule has 0 aromatic carbocycles. The number of likely N-dealkylation sites (tertiary alicyclic amines) is 1. The summed E-state index contributed by atoms with van der Waals surface area (Å²) in [5.41, 5.74) is 1.88. The Bertz CT molecular complexity index is 843. The lowest BCUT2D eigenvalue weighted by Gasteiger charge is -2.29. The van der Waals surface area contributed by atoms with Crippen LogP contribution in [0.4, 0.5) is 0 Å². The summed E-state index contributed by atoms with van der Waals surface area (Å²) in [6.07, 6.45) is 5.63. The van der Waals surface area contributed by atoms with Gasteiger partial charge < -0.3 is 9.05 Å². The van der Waals surface area contributed by atoms with Crippen LogP contribution in [0, 0.1) is 0 Å². The van der Waals surface area contributed by atoms with Gasteiger partial charge in [-0.05, 0) is 37.4 Å². The van der Waals surface area contributed by atoms with Crippen molar-refractivity contribution in [3.8, 4) is 11.4 Å². The van der Waals surface area contributed by atoms with Crippen molar-refractivity contribution in [2.24, 2.45) is 0 Å². The highest BCUT2D eigenvalue weighted by molar-refractivity contribution is 5.51. The molecular weight excluding hydrogens is 330 g/mol. The van der Waals surface area contributed by atoms with Crippen LogP contribution < -0.4 is 0 Å². The molecule has 1 aliphatic heterocycles. The van der Waals surface area contributed by atoms with Crippen LogP contribution in [-0.2, 0) is 6.54 Å². The molecule has 1 fully saturated rings. The zero-order valence-electron chi connectivity index (χ0n) is 15.1. The fourth-order valence-electron chi connectivity index (χ4n) is 3.31. The van der Waals surface area contributed by atoms with E-state index in [4.69, 9.17) is 9.05 Å². The van der Waals surface area contributed by atoms with Crippen molar-refractivity contribution in [2.75, 3.05) is 13.1 Å². The van der Waals surface area contributed by atoms with Gasteiger partial charge >= 0.3 is 0 Å². The normalized spacial score (nSPS) is 18.5. The van der Waals surface area contributed by atoms with Crippen LogP contribution >= 0.6 is 0 Å². The van der Waals surface area contributed by atoms with Crippen LogP contribution in [0.15, 0.2) is 39.6 Å². The summed E-state index contributed by atoms with van der Waals surface area (Å²) in [5.74, 6) is 2.84. The predicted molar refractivity (Wildman–Crippen MR) is 95.4 cm³/mol. The van der Waals surface area contributed by atoms with Crippen LogP contribution in [0.1, 0.15) is 55.9 Å². The lowest BCUT2D eigenvalue weighted by molar-refractivity contribution is 0.164. The zero-order valence-corrected chi connectivity index (χ0v) is 15.1. The third kappa shape index (κ3) is 3.67. The van der Waals surface area contributed by atoms with Gasteiger partial charge in [-0.3, -0.25) is 9.88 Å². The fraction of sp³-hybridized carbons (Fsp3) is 0.474. The second kappa shape index (κ2) is 7.37. The maximum atomic E-state index is 5.54. The van der Waals surface area contributed by atoms with Gasteiger partial charge in [0.15, 0.2) is 5.76 Å². The predicted octanol–water partition coefficient (Wildman–Crippen LogP) is 3.62. The first-order chi connectivity index (χ1) is 12.7. The van der Waals surface area contributed by atoms with E-state index in [1.165, 1.54) is 0 Å². The molecule has 7 nitrogen and oxygen atoms in total. The molecule has 0 N–H and O–H groups in total. The summed E-state index contributed by atoms with van der Waals surface area (Å²) in [6, 6.07) is 5.86. The van der Waals surface area contributed by atoms with Gasteiger partial charge in [0.05, 0.1) is 18.2 Å². The van der Waals surface area contributed by atoms with E-state index >= 15 is 0 Å². The minimum atomic E-state index is 0.245. The molecule has 0 aliphatic carbocycles. The molecule has 0 spiro atoms. The number of hydrogen-bond acceptors (Lipinski definition) is 7. The van der Waals surface area contributed by atoms with Crippen molar-refractivity contribution >= 4 is 0 Å². The molecule has 3 aromatic heterocycles. The van der Waals surface area contributed by atoms with E-state index in [9.17, 15) is 0 Å². The molecule has 1 atom stereocenters. The van der Waals surface area contributed by atoms with E-state index < -0.39 is 0 Å². The van der Waals surface area contributed by atoms with Gasteiger partial charge in [-0.1, -0.05) is 24.2 Å². The quantitative estimate of drug-likeness (QED) is 0.693. The smallest absolute Gasteiger partial charge is 0.231 e. The molecule has 26 heavy (non-hydrogen) atoms. The van der Waals surface area contributed by atoms with Crippen LogP contribution in [0.5, 0.6) is 0 Å². The van der Waals surface area contributed by atoms with E-state index in [0.29, 0.717) is 17.6 Å². The van der Waals surface area contributed by atoms with Gasteiger partial charge in [-0.2, -0.15) is 4.98 Å². The Kier molecular flexibility index (Phi) is 4.79. The lowest BCUT2D eigenvalue weighted by atomic mass is 9.98. The Morgan fingerprint density at radius 3 is 2.96 bits per heavy atom. The van der Waals surface area contributed by atoms with Crippen LogP contribution in [0.2, 0.25) is 0 Å². The Hall–Kier alpha value is -2.54. The molecule has 136 valence electrons. The third-order valence-corrected chi connectivity index (χ3v) is 4.76. The van der Waals surface area contributed by atoms with E-state index in [-0.39, 0.29) is 5.92 Å². The number of hydrogen-bond donors (Lipinski definition) is 0. The number of pyridine rings is 1. The largest absolute Gasteiger partial charge is 0.360 e. The van der Waals surface area contributed by atoms with E-state index in [2.05, 4.69) is 45.1 Å². The highest BCUT2D eigenvalue weighted by Gasteiger charge is 2.27. The van der Waals surface area contributed by atoms with Crippen molar-refractivity contribution < 1.29 is 9.05 Å². The average Bonchev–Trinajstić information content (AvgIpc) is 3.32. The average molecular weight is 353 g/mol. The number of piperidine rings is 1. The number of nitrogens with zero attached hydrogens (tertiary/aromatic N) is 5. The maximum Gasteiger partial charge on any atom is 0.231 e. The molecule has 0 amide bonds. The lowest BCUT2D eigenvalue weighted by Crippen LogP contribution is -2.33. The zero-order chi connectivity index (χ0) is 17.9. The van der Waals surface area contributed by atoms with Crippen LogP contribution in [-0.4, -0.2) is 38.3 Å². The summed E-state index contributed by atoms with van der Waals surface area (Å²) in [4.78, 5) is 11.1. The molecule has 0 bridgehead atoms. The first-order valence-electron chi connectivity index (χ1n) is 9.11. The molecule has 4 heterocycles. The van der Waals surface area contributed by atoms with Crippen molar-refractivity contribution in [1.82, 2.24) is 25.2 Å². The Balaban J connectivity index is 1.42. The van der Waals surface area contributed by atoms with Gasteiger partial charge in [0, 0.05) is 30.6 Å². The summed E-state index contributed by atoms with van der Waals surface area (Å²) in [6.45, 7) is 6.92. The fourth-order valence-corrected chi connectivity index (χ4v) is 3.31. The molecule has 0 saturated carbocycles. The van der Waals surface area contributed by atoms with Gasteiger partial charge in [0.1, 0.15) is 0 Å². The minimum absolute atomic E-state index is 0.245. The molecule has 4 rings (SSSR count). The summed E-state index contributed by atoms with van der Waals surface area (Å²) < 4.78 is 11.0. The number of aromatic nitrogens is 4. The Morgan fingerprint density at radius 2 is 2.19 bits per heavy atom. The van der Waals surface area contributed by atoms with Crippen molar-refractivity contribution in [1.29, 1.82) is 0 Å². The van der Waals surface area contributed by atoms with Crippen LogP contribution in [0.25, 0.3) is 11.4 Å². The molecular formula is C19H23N5O2. The highest BCUT2D eigenvalue weighted by Crippen LogP contribution is 2.28. The van der Waals surface area contributed by atoms with Gasteiger partial charge in [0.2, 0.25) is 11.7 Å². The topological polar surface area (TPSA) is 81.1 Å². The standard InChI is InChI=1S/C19H23N5O2/c1-13(2)17-9-16(25-22-17)12-24-8-4-6-15(11-24)19-21-18(23-26-19)14-5-3-7-20-10-14/h3,5,7,9-10,13,15H,4,6,8,11-12H2,1-2H3/t15-/m0/s1. The second-order valence-electron chi connectivity index (χ2n) is 7.14. The van der Waals surface area contributed by atoms with E-state index in [1.807, 2.05) is 12.1 Å². The summed E-state index contributed by atoms with van der Waals surface area (Å²) >= 11 is 0. The molecule has 1 saturated heterocycles.